The van der Waals surface area contributed by atoms with Crippen molar-refractivity contribution in [2.75, 3.05) is 25.6 Å². The summed E-state index contributed by atoms with van der Waals surface area (Å²) in [5.41, 5.74) is 0.0450. The van der Waals surface area contributed by atoms with Crippen LogP contribution in [-0.4, -0.2) is 26.7 Å². The van der Waals surface area contributed by atoms with E-state index >= 15 is 0 Å². The second-order valence-corrected chi connectivity index (χ2v) is 2.72. The summed E-state index contributed by atoms with van der Waals surface area (Å²) in [4.78, 5) is 10.3. The highest BCUT2D eigenvalue weighted by molar-refractivity contribution is 5.75. The van der Waals surface area contributed by atoms with Crippen molar-refractivity contribution in [3.05, 3.63) is 24.0 Å². The third kappa shape index (κ3) is 3.21. The molecule has 0 radical (unpaired) electrons. The lowest BCUT2D eigenvalue weighted by molar-refractivity contribution is -0.105. The number of para-hydroxylation sites is 1. The van der Waals surface area contributed by atoms with E-state index in [1.807, 2.05) is 0 Å². The van der Waals surface area contributed by atoms with Gasteiger partial charge in [-0.25, -0.2) is 4.39 Å². The Kier molecular flexibility index (Phi) is 4.56. The van der Waals surface area contributed by atoms with Crippen LogP contribution in [-0.2, 0) is 9.53 Å². The molecule has 1 aromatic rings. The summed E-state index contributed by atoms with van der Waals surface area (Å²) in [7, 11) is 1.54. The monoisotopic (exact) mass is 213 g/mol. The van der Waals surface area contributed by atoms with Gasteiger partial charge in [-0.3, -0.25) is 4.79 Å². The van der Waals surface area contributed by atoms with Crippen molar-refractivity contribution in [2.45, 2.75) is 0 Å². The molecule has 0 unspecified atom stereocenters. The molecule has 0 aliphatic rings. The number of hydrogen-bond donors (Lipinski definition) is 1. The number of amides is 1. The van der Waals surface area contributed by atoms with E-state index in [9.17, 15) is 9.18 Å². The number of hydrogen-bond acceptors (Lipinski definition) is 3. The Morgan fingerprint density at radius 3 is 2.93 bits per heavy atom. The van der Waals surface area contributed by atoms with E-state index in [1.54, 1.807) is 13.2 Å². The van der Waals surface area contributed by atoms with E-state index in [1.165, 1.54) is 12.1 Å². The van der Waals surface area contributed by atoms with E-state index in [0.29, 0.717) is 25.4 Å². The molecular weight excluding hydrogens is 201 g/mol. The van der Waals surface area contributed by atoms with Crippen LogP contribution in [0.2, 0.25) is 0 Å². The molecule has 0 aromatic heterocycles. The fraction of sp³-hybridized carbons (Fsp3) is 0.300. The van der Waals surface area contributed by atoms with Crippen LogP contribution in [0.5, 0.6) is 5.75 Å². The van der Waals surface area contributed by atoms with Gasteiger partial charge in [-0.1, -0.05) is 6.07 Å². The van der Waals surface area contributed by atoms with Gasteiger partial charge in [0.15, 0.2) is 5.82 Å². The molecule has 0 aliphatic heterocycles. The summed E-state index contributed by atoms with van der Waals surface area (Å²) in [6.45, 7) is 0.699. The van der Waals surface area contributed by atoms with Crippen molar-refractivity contribution in [3.8, 4) is 5.75 Å². The molecular formula is C10H12FNO3. The number of rotatable bonds is 6. The highest BCUT2D eigenvalue weighted by Gasteiger charge is 2.08. The molecule has 1 N–H and O–H groups in total. The summed E-state index contributed by atoms with van der Waals surface area (Å²) in [5.74, 6) is -0.240. The third-order valence-electron chi connectivity index (χ3n) is 1.72. The molecule has 1 aromatic carbocycles. The fourth-order valence-electron chi connectivity index (χ4n) is 1.06. The maximum absolute atomic E-state index is 13.2. The molecule has 15 heavy (non-hydrogen) atoms. The molecule has 0 heterocycles. The number of nitrogens with one attached hydrogen (secondary N) is 1. The van der Waals surface area contributed by atoms with Crippen molar-refractivity contribution >= 4 is 12.1 Å². The van der Waals surface area contributed by atoms with Crippen molar-refractivity contribution in [3.63, 3.8) is 0 Å². The molecule has 1 rings (SSSR count). The first-order chi connectivity index (χ1) is 7.29. The normalized spacial score (nSPS) is 9.73. The zero-order valence-corrected chi connectivity index (χ0v) is 8.33. The van der Waals surface area contributed by atoms with Crippen LogP contribution in [0.25, 0.3) is 0 Å². The van der Waals surface area contributed by atoms with Crippen molar-refractivity contribution in [1.82, 2.24) is 0 Å². The van der Waals surface area contributed by atoms with Gasteiger partial charge in [-0.15, -0.1) is 0 Å². The van der Waals surface area contributed by atoms with Crippen LogP contribution >= 0.6 is 0 Å². The van der Waals surface area contributed by atoms with Gasteiger partial charge in [0.05, 0.1) is 6.61 Å². The largest absolute Gasteiger partial charge is 0.489 e. The molecule has 0 saturated carbocycles. The van der Waals surface area contributed by atoms with E-state index < -0.39 is 5.82 Å². The first-order valence-corrected chi connectivity index (χ1v) is 4.40. The zero-order chi connectivity index (χ0) is 11.1. The quantitative estimate of drug-likeness (QED) is 0.574. The lowest BCUT2D eigenvalue weighted by atomic mass is 10.3. The molecule has 0 fully saturated rings. The topological polar surface area (TPSA) is 47.6 Å². The van der Waals surface area contributed by atoms with Gasteiger partial charge in [0.2, 0.25) is 6.41 Å². The highest BCUT2D eigenvalue weighted by Crippen LogP contribution is 2.26. The Morgan fingerprint density at radius 2 is 2.27 bits per heavy atom. The Hall–Kier alpha value is -1.62. The Morgan fingerprint density at radius 1 is 1.47 bits per heavy atom. The summed E-state index contributed by atoms with van der Waals surface area (Å²) < 4.78 is 23.2. The van der Waals surface area contributed by atoms with Crippen LogP contribution in [0.3, 0.4) is 0 Å². The zero-order valence-electron chi connectivity index (χ0n) is 8.33. The number of anilines is 1. The Labute approximate surface area is 87.0 Å². The average Bonchev–Trinajstić information content (AvgIpc) is 2.23. The molecule has 0 saturated heterocycles. The Balaban J connectivity index is 2.75. The maximum Gasteiger partial charge on any atom is 0.211 e. The van der Waals surface area contributed by atoms with Gasteiger partial charge in [0.1, 0.15) is 18.0 Å². The lowest BCUT2D eigenvalue weighted by Gasteiger charge is -2.10. The molecule has 0 atom stereocenters. The number of ether oxygens (including phenoxy) is 2. The standard InChI is InChI=1S/C10H12FNO3/c1-14-5-6-15-9-4-2-3-8(11)10(9)12-7-13/h2-4,7H,5-6H2,1H3,(H,12,13). The van der Waals surface area contributed by atoms with Crippen LogP contribution in [0.15, 0.2) is 18.2 Å². The first kappa shape index (κ1) is 11.5. The number of methoxy groups -OCH3 is 1. The predicted octanol–water partition coefficient (Wildman–Crippen LogP) is 1.42. The molecule has 0 bridgehead atoms. The minimum absolute atomic E-state index is 0.0450. The van der Waals surface area contributed by atoms with E-state index in [2.05, 4.69) is 5.32 Å². The summed E-state index contributed by atoms with van der Waals surface area (Å²) in [5, 5.41) is 2.25. The fourth-order valence-corrected chi connectivity index (χ4v) is 1.06. The molecule has 5 heteroatoms. The average molecular weight is 213 g/mol. The van der Waals surface area contributed by atoms with E-state index in [-0.39, 0.29) is 5.69 Å². The molecule has 82 valence electrons. The Bertz CT molecular complexity index is 330. The van der Waals surface area contributed by atoms with Crippen molar-refractivity contribution < 1.29 is 18.7 Å². The van der Waals surface area contributed by atoms with Crippen LogP contribution in [0.1, 0.15) is 0 Å². The van der Waals surface area contributed by atoms with Gasteiger partial charge in [0, 0.05) is 7.11 Å². The lowest BCUT2D eigenvalue weighted by Crippen LogP contribution is -2.07. The van der Waals surface area contributed by atoms with E-state index in [4.69, 9.17) is 9.47 Å². The SMILES string of the molecule is COCCOc1cccc(F)c1NC=O. The maximum atomic E-state index is 13.2. The number of halogens is 1. The second kappa shape index (κ2) is 5.98. The van der Waals surface area contributed by atoms with Gasteiger partial charge in [-0.05, 0) is 12.1 Å². The molecule has 4 nitrogen and oxygen atoms in total. The minimum atomic E-state index is -0.531. The number of carbonyl (C=O) groups is 1. The van der Waals surface area contributed by atoms with Gasteiger partial charge < -0.3 is 14.8 Å². The second-order valence-electron chi connectivity index (χ2n) is 2.72. The molecule has 0 aliphatic carbocycles. The van der Waals surface area contributed by atoms with Crippen LogP contribution < -0.4 is 10.1 Å². The summed E-state index contributed by atoms with van der Waals surface area (Å²) in [6.07, 6.45) is 0.404. The van der Waals surface area contributed by atoms with Gasteiger partial charge >= 0.3 is 0 Å². The number of carbonyl (C=O) groups excluding carboxylic acids is 1. The van der Waals surface area contributed by atoms with Gasteiger partial charge in [-0.2, -0.15) is 0 Å². The smallest absolute Gasteiger partial charge is 0.211 e. The molecule has 0 spiro atoms. The van der Waals surface area contributed by atoms with Crippen molar-refractivity contribution in [1.29, 1.82) is 0 Å². The van der Waals surface area contributed by atoms with Gasteiger partial charge in [0.25, 0.3) is 0 Å². The predicted molar refractivity (Wildman–Crippen MR) is 53.5 cm³/mol. The minimum Gasteiger partial charge on any atom is -0.489 e. The summed E-state index contributed by atoms with van der Waals surface area (Å²) >= 11 is 0. The number of benzene rings is 1. The molecule has 1 amide bonds. The van der Waals surface area contributed by atoms with E-state index in [0.717, 1.165) is 0 Å². The first-order valence-electron chi connectivity index (χ1n) is 4.40. The van der Waals surface area contributed by atoms with Crippen LogP contribution in [0, 0.1) is 5.82 Å². The van der Waals surface area contributed by atoms with Crippen molar-refractivity contribution in [2.24, 2.45) is 0 Å². The third-order valence-corrected chi connectivity index (χ3v) is 1.72. The highest BCUT2D eigenvalue weighted by atomic mass is 19.1. The summed E-state index contributed by atoms with van der Waals surface area (Å²) in [6, 6.07) is 4.33. The van der Waals surface area contributed by atoms with Crippen LogP contribution in [0.4, 0.5) is 10.1 Å².